The van der Waals surface area contributed by atoms with E-state index in [9.17, 15) is 0 Å². The van der Waals surface area contributed by atoms with E-state index in [1.54, 1.807) is 0 Å². The molecule has 2 aromatic rings. The van der Waals surface area contributed by atoms with Gasteiger partial charge in [-0.25, -0.2) is 0 Å². The highest BCUT2D eigenvalue weighted by Crippen LogP contribution is 2.22. The Labute approximate surface area is 155 Å². The fraction of sp³-hybridized carbons (Fsp3) is 0.227. The van der Waals surface area contributed by atoms with Gasteiger partial charge in [-0.1, -0.05) is 42.5 Å². The van der Waals surface area contributed by atoms with Crippen molar-refractivity contribution in [2.75, 3.05) is 12.4 Å². The third-order valence-corrected chi connectivity index (χ3v) is 4.30. The molecular formula is C22H24N4. The standard InChI is InChI=1S/C11H13N3.C11H11N/c1-8-7-11(14-13-8)9-3-5-10(12-2)6-4-9;1-9-7-11(8-12-9)10-5-3-2-4-6-10/h3-6,12H,7H2,1-2H3;2-6,8H,7H2,1H3. The second-order valence-electron chi connectivity index (χ2n) is 6.45. The van der Waals surface area contributed by atoms with Gasteiger partial charge >= 0.3 is 0 Å². The molecule has 0 saturated carbocycles. The molecule has 2 aliphatic rings. The van der Waals surface area contributed by atoms with E-state index >= 15 is 0 Å². The zero-order valence-electron chi connectivity index (χ0n) is 15.5. The van der Waals surface area contributed by atoms with E-state index in [0.29, 0.717) is 0 Å². The summed E-state index contributed by atoms with van der Waals surface area (Å²) in [6, 6.07) is 18.6. The molecule has 2 aliphatic heterocycles. The summed E-state index contributed by atoms with van der Waals surface area (Å²) < 4.78 is 0. The van der Waals surface area contributed by atoms with Gasteiger partial charge in [-0.3, -0.25) is 4.99 Å². The first-order chi connectivity index (χ1) is 12.7. The molecule has 0 aromatic heterocycles. The lowest BCUT2D eigenvalue weighted by Crippen LogP contribution is -2.01. The fourth-order valence-corrected chi connectivity index (χ4v) is 2.83. The molecule has 0 radical (unpaired) electrons. The number of benzene rings is 2. The molecule has 0 atom stereocenters. The highest BCUT2D eigenvalue weighted by atomic mass is 15.2. The minimum absolute atomic E-state index is 0.874. The van der Waals surface area contributed by atoms with Crippen LogP contribution in [0.1, 0.15) is 37.8 Å². The lowest BCUT2D eigenvalue weighted by Gasteiger charge is -2.02. The maximum atomic E-state index is 4.25. The zero-order valence-corrected chi connectivity index (χ0v) is 15.5. The SMILES string of the molecule is CC1=NC=C(c2ccccc2)C1.CNc1ccc(C2=NN=C(C)C2)cc1. The van der Waals surface area contributed by atoms with E-state index < -0.39 is 0 Å². The van der Waals surface area contributed by atoms with Gasteiger partial charge in [0.1, 0.15) is 0 Å². The highest BCUT2D eigenvalue weighted by Gasteiger charge is 2.10. The van der Waals surface area contributed by atoms with Gasteiger partial charge in [0.2, 0.25) is 0 Å². The van der Waals surface area contributed by atoms with Crippen molar-refractivity contribution < 1.29 is 0 Å². The Hall–Kier alpha value is -3.01. The molecule has 132 valence electrons. The van der Waals surface area contributed by atoms with E-state index in [0.717, 1.165) is 35.5 Å². The Morgan fingerprint density at radius 3 is 2.04 bits per heavy atom. The van der Waals surface area contributed by atoms with Crippen LogP contribution in [-0.4, -0.2) is 24.2 Å². The molecule has 0 amide bonds. The fourth-order valence-electron chi connectivity index (χ4n) is 2.83. The van der Waals surface area contributed by atoms with E-state index in [-0.39, 0.29) is 0 Å². The van der Waals surface area contributed by atoms with E-state index in [4.69, 9.17) is 0 Å². The molecule has 4 heteroatoms. The van der Waals surface area contributed by atoms with Crippen LogP contribution in [-0.2, 0) is 0 Å². The Morgan fingerprint density at radius 1 is 0.769 bits per heavy atom. The largest absolute Gasteiger partial charge is 0.388 e. The summed E-state index contributed by atoms with van der Waals surface area (Å²) in [7, 11) is 1.91. The first-order valence-corrected chi connectivity index (χ1v) is 8.81. The summed E-state index contributed by atoms with van der Waals surface area (Å²) in [5.74, 6) is 0. The Balaban J connectivity index is 0.000000152. The molecule has 2 heterocycles. The number of nitrogens with zero attached hydrogens (tertiary/aromatic N) is 3. The van der Waals surface area contributed by atoms with Gasteiger partial charge in [-0.05, 0) is 42.7 Å². The number of hydrogen-bond acceptors (Lipinski definition) is 4. The van der Waals surface area contributed by atoms with Crippen LogP contribution in [0.3, 0.4) is 0 Å². The molecule has 4 rings (SSSR count). The van der Waals surface area contributed by atoms with Gasteiger partial charge in [0.15, 0.2) is 0 Å². The predicted octanol–water partition coefficient (Wildman–Crippen LogP) is 5.19. The summed E-state index contributed by atoms with van der Waals surface area (Å²) in [5.41, 5.74) is 8.23. The van der Waals surface area contributed by atoms with Crippen molar-refractivity contribution in [3.05, 3.63) is 71.9 Å². The Kier molecular flexibility index (Phi) is 5.74. The monoisotopic (exact) mass is 344 g/mol. The molecule has 4 nitrogen and oxygen atoms in total. The zero-order chi connectivity index (χ0) is 18.4. The molecular weight excluding hydrogens is 320 g/mol. The van der Waals surface area contributed by atoms with Crippen LogP contribution >= 0.6 is 0 Å². The number of nitrogens with one attached hydrogen (secondary N) is 1. The van der Waals surface area contributed by atoms with Crippen molar-refractivity contribution in [3.63, 3.8) is 0 Å². The third-order valence-electron chi connectivity index (χ3n) is 4.30. The van der Waals surface area contributed by atoms with Crippen LogP contribution in [0.2, 0.25) is 0 Å². The van der Waals surface area contributed by atoms with Gasteiger partial charge in [-0.2, -0.15) is 10.2 Å². The quantitative estimate of drug-likeness (QED) is 0.818. The van der Waals surface area contributed by atoms with E-state index in [1.807, 2.05) is 38.4 Å². The van der Waals surface area contributed by atoms with Crippen LogP contribution in [0.15, 0.2) is 76.0 Å². The molecule has 0 aliphatic carbocycles. The first kappa shape index (κ1) is 17.8. The molecule has 0 fully saturated rings. The maximum Gasteiger partial charge on any atom is 0.0759 e. The summed E-state index contributed by atoms with van der Waals surface area (Å²) in [5, 5.41) is 11.2. The van der Waals surface area contributed by atoms with Crippen LogP contribution in [0, 0.1) is 0 Å². The van der Waals surface area contributed by atoms with Crippen molar-refractivity contribution in [2.45, 2.75) is 26.7 Å². The number of allylic oxidation sites excluding steroid dienone is 1. The smallest absolute Gasteiger partial charge is 0.0759 e. The number of hydrogen-bond donors (Lipinski definition) is 1. The summed E-state index contributed by atoms with van der Waals surface area (Å²) >= 11 is 0. The molecule has 0 spiro atoms. The minimum Gasteiger partial charge on any atom is -0.388 e. The van der Waals surface area contributed by atoms with Gasteiger partial charge in [0, 0.05) is 43.2 Å². The predicted molar refractivity (Wildman–Crippen MR) is 112 cm³/mol. The maximum absolute atomic E-state index is 4.25. The lowest BCUT2D eigenvalue weighted by molar-refractivity contribution is 1.26. The van der Waals surface area contributed by atoms with E-state index in [2.05, 4.69) is 63.8 Å². The average molecular weight is 344 g/mol. The normalized spacial score (nSPS) is 15.3. The van der Waals surface area contributed by atoms with Gasteiger partial charge in [-0.15, -0.1) is 0 Å². The van der Waals surface area contributed by atoms with Crippen molar-refractivity contribution in [2.24, 2.45) is 15.2 Å². The number of aliphatic imine (C=N–C) groups is 1. The molecule has 26 heavy (non-hydrogen) atoms. The molecule has 2 aromatic carbocycles. The van der Waals surface area contributed by atoms with Crippen LogP contribution < -0.4 is 5.32 Å². The summed E-state index contributed by atoms with van der Waals surface area (Å²) in [6.45, 7) is 4.06. The lowest BCUT2D eigenvalue weighted by atomic mass is 10.0. The molecule has 0 saturated heterocycles. The highest BCUT2D eigenvalue weighted by molar-refractivity contribution is 6.14. The third kappa shape index (κ3) is 4.54. The second kappa shape index (κ2) is 8.39. The first-order valence-electron chi connectivity index (χ1n) is 8.81. The minimum atomic E-state index is 0.874. The van der Waals surface area contributed by atoms with Crippen molar-refractivity contribution in [1.82, 2.24) is 0 Å². The molecule has 0 bridgehead atoms. The van der Waals surface area contributed by atoms with Gasteiger partial charge in [0.25, 0.3) is 0 Å². The van der Waals surface area contributed by atoms with Crippen LogP contribution in [0.5, 0.6) is 0 Å². The van der Waals surface area contributed by atoms with E-state index in [1.165, 1.54) is 16.8 Å². The van der Waals surface area contributed by atoms with Gasteiger partial charge < -0.3 is 5.32 Å². The van der Waals surface area contributed by atoms with Gasteiger partial charge in [0.05, 0.1) is 5.71 Å². The van der Waals surface area contributed by atoms with Crippen molar-refractivity contribution >= 4 is 28.4 Å². The second-order valence-corrected chi connectivity index (χ2v) is 6.45. The summed E-state index contributed by atoms with van der Waals surface area (Å²) in [4.78, 5) is 4.25. The van der Waals surface area contributed by atoms with Crippen LogP contribution in [0.25, 0.3) is 5.57 Å². The van der Waals surface area contributed by atoms with Crippen LogP contribution in [0.4, 0.5) is 5.69 Å². The Morgan fingerprint density at radius 2 is 1.50 bits per heavy atom. The molecule has 1 N–H and O–H groups in total. The average Bonchev–Trinajstić information content (AvgIpc) is 3.32. The molecule has 0 unspecified atom stereocenters. The topological polar surface area (TPSA) is 49.1 Å². The number of rotatable bonds is 3. The number of anilines is 1. The summed E-state index contributed by atoms with van der Waals surface area (Å²) in [6.07, 6.45) is 3.84. The van der Waals surface area contributed by atoms with Crippen molar-refractivity contribution in [1.29, 1.82) is 0 Å². The Bertz CT molecular complexity index is 872. The van der Waals surface area contributed by atoms with Crippen molar-refractivity contribution in [3.8, 4) is 0 Å².